The first-order chi connectivity index (χ1) is 11.7. The number of rotatable bonds is 6. The van der Waals surface area contributed by atoms with Crippen molar-refractivity contribution in [2.75, 3.05) is 0 Å². The van der Waals surface area contributed by atoms with E-state index in [9.17, 15) is 4.79 Å². The Bertz CT molecular complexity index is 678. The zero-order valence-electron chi connectivity index (χ0n) is 14.2. The van der Waals surface area contributed by atoms with Gasteiger partial charge in [0.05, 0.1) is 0 Å². The molecule has 3 N–H and O–H groups in total. The fourth-order valence-corrected chi connectivity index (χ4v) is 3.19. The first kappa shape index (κ1) is 19.3. The molecule has 2 atom stereocenters. The average molecular weight is 361 g/mol. The van der Waals surface area contributed by atoms with E-state index in [2.05, 4.69) is 5.32 Å². The van der Waals surface area contributed by atoms with Gasteiger partial charge in [-0.25, -0.2) is 0 Å². The molecule has 0 bridgehead atoms. The number of carbonyl (C=O) groups is 1. The first-order valence-electron chi connectivity index (χ1n) is 8.55. The molecule has 0 saturated heterocycles. The summed E-state index contributed by atoms with van der Waals surface area (Å²) in [6, 6.07) is 17.6. The Balaban J connectivity index is 0.00000225. The van der Waals surface area contributed by atoms with E-state index >= 15 is 0 Å². The maximum Gasteiger partial charge on any atom is 0.220 e. The number of benzene rings is 2. The van der Waals surface area contributed by atoms with Crippen molar-refractivity contribution in [1.29, 1.82) is 0 Å². The van der Waals surface area contributed by atoms with Crippen molar-refractivity contribution in [2.24, 2.45) is 11.7 Å². The minimum atomic E-state index is 0. The smallest absolute Gasteiger partial charge is 0.220 e. The molecule has 0 unspecified atom stereocenters. The van der Waals surface area contributed by atoms with Gasteiger partial charge in [-0.05, 0) is 37.0 Å². The fraction of sp³-hybridized carbons (Fsp3) is 0.350. The van der Waals surface area contributed by atoms with Gasteiger partial charge in [-0.3, -0.25) is 4.79 Å². The standard InChI is InChI=1S/C20H24N2O2.ClH/c21-18-11-6-8-15(18)13-20(23)22-14-16-7-4-5-12-19(16)24-17-9-2-1-3-10-17;/h1-5,7,9-10,12,15,18H,6,8,11,13-14,21H2,(H,22,23);1H/t15-,18+;/m0./s1. The molecule has 1 saturated carbocycles. The summed E-state index contributed by atoms with van der Waals surface area (Å²) in [4.78, 5) is 12.2. The number of hydrogen-bond acceptors (Lipinski definition) is 3. The van der Waals surface area contributed by atoms with Crippen LogP contribution in [-0.2, 0) is 11.3 Å². The zero-order chi connectivity index (χ0) is 16.8. The van der Waals surface area contributed by atoms with Gasteiger partial charge in [-0.1, -0.05) is 42.8 Å². The van der Waals surface area contributed by atoms with Gasteiger partial charge in [0.15, 0.2) is 0 Å². The monoisotopic (exact) mass is 360 g/mol. The van der Waals surface area contributed by atoms with Crippen LogP contribution in [0.3, 0.4) is 0 Å². The van der Waals surface area contributed by atoms with Gasteiger partial charge in [-0.2, -0.15) is 0 Å². The lowest BCUT2D eigenvalue weighted by atomic mass is 10.00. The molecule has 0 heterocycles. The molecule has 0 radical (unpaired) electrons. The van der Waals surface area contributed by atoms with Gasteiger partial charge in [0.1, 0.15) is 11.5 Å². The Kier molecular flexibility index (Phi) is 7.29. The van der Waals surface area contributed by atoms with E-state index in [-0.39, 0.29) is 24.4 Å². The highest BCUT2D eigenvalue weighted by atomic mass is 35.5. The molecule has 0 aromatic heterocycles. The van der Waals surface area contributed by atoms with E-state index in [1.807, 2.05) is 54.6 Å². The number of halogens is 1. The Labute approximate surface area is 155 Å². The highest BCUT2D eigenvalue weighted by Gasteiger charge is 2.25. The molecule has 2 aromatic carbocycles. The second-order valence-electron chi connectivity index (χ2n) is 6.36. The Hall–Kier alpha value is -2.04. The second kappa shape index (κ2) is 9.44. The third-order valence-electron chi connectivity index (χ3n) is 4.59. The lowest BCUT2D eigenvalue weighted by molar-refractivity contribution is -0.122. The van der Waals surface area contributed by atoms with Crippen molar-refractivity contribution in [1.82, 2.24) is 5.32 Å². The van der Waals surface area contributed by atoms with E-state index in [1.165, 1.54) is 0 Å². The summed E-state index contributed by atoms with van der Waals surface area (Å²) in [5, 5.41) is 3.00. The van der Waals surface area contributed by atoms with Gasteiger partial charge in [0.2, 0.25) is 5.91 Å². The molecule has 1 amide bonds. The van der Waals surface area contributed by atoms with Crippen LogP contribution in [0.15, 0.2) is 54.6 Å². The molecule has 1 aliphatic carbocycles. The summed E-state index contributed by atoms with van der Waals surface area (Å²) >= 11 is 0. The lowest BCUT2D eigenvalue weighted by Crippen LogP contribution is -2.31. The molecule has 4 nitrogen and oxygen atoms in total. The van der Waals surface area contributed by atoms with Gasteiger partial charge >= 0.3 is 0 Å². The number of nitrogens with one attached hydrogen (secondary N) is 1. The van der Waals surface area contributed by atoms with E-state index < -0.39 is 0 Å². The molecular formula is C20H25ClN2O2. The highest BCUT2D eigenvalue weighted by Crippen LogP contribution is 2.27. The van der Waals surface area contributed by atoms with Crippen molar-refractivity contribution in [3.8, 4) is 11.5 Å². The maximum atomic E-state index is 12.2. The highest BCUT2D eigenvalue weighted by molar-refractivity contribution is 5.85. The number of ether oxygens (including phenoxy) is 1. The third kappa shape index (κ3) is 5.48. The lowest BCUT2D eigenvalue weighted by Gasteiger charge is -2.16. The fourth-order valence-electron chi connectivity index (χ4n) is 3.19. The normalized spacial score (nSPS) is 19.1. The Morgan fingerprint density at radius 1 is 1.08 bits per heavy atom. The summed E-state index contributed by atoms with van der Waals surface area (Å²) in [6.07, 6.45) is 3.74. The van der Waals surface area contributed by atoms with Crippen LogP contribution in [0.2, 0.25) is 0 Å². The average Bonchev–Trinajstić information content (AvgIpc) is 3.00. The van der Waals surface area contributed by atoms with Crippen LogP contribution < -0.4 is 15.8 Å². The molecule has 0 spiro atoms. The molecule has 134 valence electrons. The summed E-state index contributed by atoms with van der Waals surface area (Å²) < 4.78 is 5.92. The van der Waals surface area contributed by atoms with Crippen molar-refractivity contribution in [3.05, 3.63) is 60.2 Å². The van der Waals surface area contributed by atoms with Crippen molar-refractivity contribution in [2.45, 2.75) is 38.3 Å². The van der Waals surface area contributed by atoms with Crippen LogP contribution in [0.4, 0.5) is 0 Å². The molecule has 3 rings (SSSR count). The summed E-state index contributed by atoms with van der Waals surface area (Å²) in [5.74, 6) is 1.93. The van der Waals surface area contributed by atoms with Crippen LogP contribution in [0, 0.1) is 5.92 Å². The van der Waals surface area contributed by atoms with Gasteiger partial charge in [0, 0.05) is 24.6 Å². The maximum absolute atomic E-state index is 12.2. The quantitative estimate of drug-likeness (QED) is 0.817. The van der Waals surface area contributed by atoms with Crippen LogP contribution in [-0.4, -0.2) is 11.9 Å². The van der Waals surface area contributed by atoms with Crippen LogP contribution in [0.5, 0.6) is 11.5 Å². The van der Waals surface area contributed by atoms with E-state index in [1.54, 1.807) is 0 Å². The van der Waals surface area contributed by atoms with E-state index in [0.717, 1.165) is 36.3 Å². The summed E-state index contributed by atoms with van der Waals surface area (Å²) in [5.41, 5.74) is 7.01. The number of para-hydroxylation sites is 2. The van der Waals surface area contributed by atoms with Crippen LogP contribution >= 0.6 is 12.4 Å². The number of nitrogens with two attached hydrogens (primary N) is 1. The minimum absolute atomic E-state index is 0. The van der Waals surface area contributed by atoms with Crippen molar-refractivity contribution < 1.29 is 9.53 Å². The zero-order valence-corrected chi connectivity index (χ0v) is 15.0. The first-order valence-corrected chi connectivity index (χ1v) is 8.55. The molecule has 1 aliphatic rings. The number of amides is 1. The predicted octanol–water partition coefficient (Wildman–Crippen LogP) is 4.03. The minimum Gasteiger partial charge on any atom is -0.457 e. The number of hydrogen-bond donors (Lipinski definition) is 2. The van der Waals surface area contributed by atoms with E-state index in [4.69, 9.17) is 10.5 Å². The SMILES string of the molecule is Cl.N[C@@H]1CCC[C@H]1CC(=O)NCc1ccccc1Oc1ccccc1. The molecular weight excluding hydrogens is 336 g/mol. The third-order valence-corrected chi connectivity index (χ3v) is 4.59. The molecule has 0 aliphatic heterocycles. The van der Waals surface area contributed by atoms with E-state index in [0.29, 0.717) is 18.9 Å². The van der Waals surface area contributed by atoms with Crippen LogP contribution in [0.25, 0.3) is 0 Å². The summed E-state index contributed by atoms with van der Waals surface area (Å²) in [6.45, 7) is 0.462. The molecule has 25 heavy (non-hydrogen) atoms. The second-order valence-corrected chi connectivity index (χ2v) is 6.36. The predicted molar refractivity (Wildman–Crippen MR) is 102 cm³/mol. The van der Waals surface area contributed by atoms with Crippen LogP contribution in [0.1, 0.15) is 31.2 Å². The molecule has 1 fully saturated rings. The Morgan fingerprint density at radius 2 is 1.80 bits per heavy atom. The number of carbonyl (C=O) groups excluding carboxylic acids is 1. The largest absolute Gasteiger partial charge is 0.457 e. The van der Waals surface area contributed by atoms with Crippen molar-refractivity contribution in [3.63, 3.8) is 0 Å². The molecule has 2 aromatic rings. The van der Waals surface area contributed by atoms with Gasteiger partial charge < -0.3 is 15.8 Å². The Morgan fingerprint density at radius 3 is 2.52 bits per heavy atom. The van der Waals surface area contributed by atoms with Gasteiger partial charge in [-0.15, -0.1) is 12.4 Å². The van der Waals surface area contributed by atoms with Gasteiger partial charge in [0.25, 0.3) is 0 Å². The van der Waals surface area contributed by atoms with Crippen molar-refractivity contribution >= 4 is 18.3 Å². The summed E-state index contributed by atoms with van der Waals surface area (Å²) in [7, 11) is 0. The topological polar surface area (TPSA) is 64.4 Å². The molecule has 5 heteroatoms.